The number of fused-ring (bicyclic) bond motifs is 1. The highest BCUT2D eigenvalue weighted by molar-refractivity contribution is 5.99. The van der Waals surface area contributed by atoms with Crippen molar-refractivity contribution in [3.8, 4) is 5.75 Å². The van der Waals surface area contributed by atoms with Crippen molar-refractivity contribution in [3.63, 3.8) is 0 Å². The van der Waals surface area contributed by atoms with Gasteiger partial charge in [-0.1, -0.05) is 0 Å². The zero-order chi connectivity index (χ0) is 13.9. The molecule has 1 aromatic rings. The molecule has 2 unspecified atom stereocenters. The lowest BCUT2D eigenvalue weighted by molar-refractivity contribution is -0.0344. The molecule has 0 radical (unpaired) electrons. The smallest absolute Gasteiger partial charge is 0.192 e. The van der Waals surface area contributed by atoms with E-state index >= 15 is 0 Å². The van der Waals surface area contributed by atoms with Crippen LogP contribution in [0.4, 0.5) is 0 Å². The Labute approximate surface area is 119 Å². The third kappa shape index (κ3) is 2.72. The van der Waals surface area contributed by atoms with Crippen molar-refractivity contribution in [1.29, 1.82) is 0 Å². The number of ether oxygens (including phenoxy) is 2. The fourth-order valence-electron chi connectivity index (χ4n) is 3.04. The van der Waals surface area contributed by atoms with Crippen LogP contribution in [0.15, 0.2) is 24.3 Å². The highest BCUT2D eigenvalue weighted by Crippen LogP contribution is 2.24. The summed E-state index contributed by atoms with van der Waals surface area (Å²) in [6, 6.07) is 7.87. The van der Waals surface area contributed by atoms with E-state index in [9.17, 15) is 4.79 Å². The first-order valence-electron chi connectivity index (χ1n) is 7.40. The number of nitrogens with zero attached hydrogens (tertiary/aromatic N) is 1. The van der Waals surface area contributed by atoms with E-state index in [-0.39, 0.29) is 11.9 Å². The second-order valence-corrected chi connectivity index (χ2v) is 5.43. The van der Waals surface area contributed by atoms with Gasteiger partial charge in [0.15, 0.2) is 5.78 Å². The van der Waals surface area contributed by atoms with Gasteiger partial charge < -0.3 is 9.47 Å². The molecule has 20 heavy (non-hydrogen) atoms. The lowest BCUT2D eigenvalue weighted by atomic mass is 10.0. The van der Waals surface area contributed by atoms with E-state index in [1.807, 2.05) is 31.2 Å². The number of carbonyl (C=O) groups is 1. The van der Waals surface area contributed by atoms with Gasteiger partial charge in [0.05, 0.1) is 13.2 Å². The van der Waals surface area contributed by atoms with Crippen LogP contribution in [0, 0.1) is 0 Å². The van der Waals surface area contributed by atoms with Crippen LogP contribution in [-0.2, 0) is 4.74 Å². The molecule has 2 fully saturated rings. The van der Waals surface area contributed by atoms with Crippen LogP contribution >= 0.6 is 0 Å². The van der Waals surface area contributed by atoms with Gasteiger partial charge in [-0.15, -0.1) is 0 Å². The Bertz CT molecular complexity index is 471. The number of carbonyl (C=O) groups excluding carboxylic acids is 1. The molecule has 0 aromatic heterocycles. The summed E-state index contributed by atoms with van der Waals surface area (Å²) in [5, 5.41) is 0. The van der Waals surface area contributed by atoms with Crippen molar-refractivity contribution < 1.29 is 14.3 Å². The Balaban J connectivity index is 1.66. The molecular formula is C16H21NO3. The molecule has 0 saturated carbocycles. The number of hydrogen-bond donors (Lipinski definition) is 0. The molecule has 1 aromatic carbocycles. The Morgan fingerprint density at radius 3 is 2.95 bits per heavy atom. The largest absolute Gasteiger partial charge is 0.494 e. The van der Waals surface area contributed by atoms with E-state index in [2.05, 4.69) is 4.90 Å². The normalized spacial score (nSPS) is 26.2. The van der Waals surface area contributed by atoms with Crippen molar-refractivity contribution in [2.75, 3.05) is 26.3 Å². The summed E-state index contributed by atoms with van der Waals surface area (Å²) in [6.07, 6.45) is 2.10. The number of ketones is 1. The van der Waals surface area contributed by atoms with Crippen LogP contribution < -0.4 is 4.74 Å². The first kappa shape index (κ1) is 13.6. The summed E-state index contributed by atoms with van der Waals surface area (Å²) < 4.78 is 11.2. The fraction of sp³-hybridized carbons (Fsp3) is 0.562. The number of benzene rings is 1. The molecule has 2 aliphatic heterocycles. The average Bonchev–Trinajstić information content (AvgIpc) is 2.95. The molecule has 108 valence electrons. The van der Waals surface area contributed by atoms with Crippen molar-refractivity contribution in [3.05, 3.63) is 29.8 Å². The molecule has 4 heteroatoms. The maximum Gasteiger partial charge on any atom is 0.192 e. The van der Waals surface area contributed by atoms with Gasteiger partial charge in [-0.25, -0.2) is 0 Å². The molecule has 2 heterocycles. The van der Waals surface area contributed by atoms with E-state index in [4.69, 9.17) is 9.47 Å². The monoisotopic (exact) mass is 275 g/mol. The third-order valence-corrected chi connectivity index (χ3v) is 4.13. The van der Waals surface area contributed by atoms with Crippen LogP contribution in [0.1, 0.15) is 30.1 Å². The summed E-state index contributed by atoms with van der Waals surface area (Å²) in [4.78, 5) is 14.9. The minimum atomic E-state index is -0.317. The molecule has 2 atom stereocenters. The van der Waals surface area contributed by atoms with Crippen molar-refractivity contribution in [1.82, 2.24) is 4.90 Å². The molecular weight excluding hydrogens is 254 g/mol. The minimum Gasteiger partial charge on any atom is -0.494 e. The molecule has 0 amide bonds. The molecule has 2 saturated heterocycles. The number of morpholine rings is 1. The number of Topliss-reactive ketones (excluding diaryl/α,β-unsaturated/α-hetero) is 1. The standard InChI is InChI=1S/C16H21NO3/c1-2-19-14-7-5-12(6-8-14)16(18)15-10-17-9-3-4-13(17)11-20-15/h5-8,13,15H,2-4,9-11H2,1H3. The zero-order valence-electron chi connectivity index (χ0n) is 11.9. The highest BCUT2D eigenvalue weighted by atomic mass is 16.5. The highest BCUT2D eigenvalue weighted by Gasteiger charge is 2.35. The van der Waals surface area contributed by atoms with Gasteiger partial charge in [-0.2, -0.15) is 0 Å². The first-order valence-corrected chi connectivity index (χ1v) is 7.40. The Morgan fingerprint density at radius 2 is 2.20 bits per heavy atom. The molecule has 0 spiro atoms. The molecule has 0 N–H and O–H groups in total. The van der Waals surface area contributed by atoms with Crippen LogP contribution in [0.2, 0.25) is 0 Å². The third-order valence-electron chi connectivity index (χ3n) is 4.13. The Hall–Kier alpha value is -1.39. The van der Waals surface area contributed by atoms with Gasteiger partial charge in [0.25, 0.3) is 0 Å². The van der Waals surface area contributed by atoms with Gasteiger partial charge in [-0.05, 0) is 50.6 Å². The summed E-state index contributed by atoms with van der Waals surface area (Å²) >= 11 is 0. The maximum atomic E-state index is 12.5. The molecule has 3 rings (SSSR count). The quantitative estimate of drug-likeness (QED) is 0.789. The van der Waals surface area contributed by atoms with Crippen LogP contribution in [0.3, 0.4) is 0 Å². The lowest BCUT2D eigenvalue weighted by Gasteiger charge is -2.34. The van der Waals surface area contributed by atoms with Gasteiger partial charge in [0.2, 0.25) is 0 Å². The van der Waals surface area contributed by atoms with Crippen molar-refractivity contribution in [2.24, 2.45) is 0 Å². The lowest BCUT2D eigenvalue weighted by Crippen LogP contribution is -2.49. The minimum absolute atomic E-state index is 0.0819. The van der Waals surface area contributed by atoms with E-state index in [0.717, 1.165) is 18.8 Å². The van der Waals surface area contributed by atoms with Gasteiger partial charge >= 0.3 is 0 Å². The van der Waals surface area contributed by atoms with Crippen molar-refractivity contribution in [2.45, 2.75) is 31.9 Å². The van der Waals surface area contributed by atoms with E-state index in [1.54, 1.807) is 0 Å². The van der Waals surface area contributed by atoms with Crippen LogP contribution in [-0.4, -0.2) is 49.1 Å². The predicted octanol–water partition coefficient (Wildman–Crippen LogP) is 2.13. The van der Waals surface area contributed by atoms with E-state index < -0.39 is 0 Å². The Kier molecular flexibility index (Phi) is 4.03. The summed E-state index contributed by atoms with van der Waals surface area (Å²) in [5.74, 6) is 0.881. The first-order chi connectivity index (χ1) is 9.78. The zero-order valence-corrected chi connectivity index (χ0v) is 11.9. The molecule has 2 aliphatic rings. The molecule has 0 bridgehead atoms. The van der Waals surface area contributed by atoms with E-state index in [0.29, 0.717) is 24.8 Å². The van der Waals surface area contributed by atoms with Crippen LogP contribution in [0.25, 0.3) is 0 Å². The second kappa shape index (κ2) is 5.94. The van der Waals surface area contributed by atoms with Crippen LogP contribution in [0.5, 0.6) is 5.75 Å². The predicted molar refractivity (Wildman–Crippen MR) is 76.3 cm³/mol. The fourth-order valence-corrected chi connectivity index (χ4v) is 3.04. The van der Waals surface area contributed by atoms with E-state index in [1.165, 1.54) is 12.8 Å². The average molecular weight is 275 g/mol. The second-order valence-electron chi connectivity index (χ2n) is 5.43. The van der Waals surface area contributed by atoms with Gasteiger partial charge in [0.1, 0.15) is 11.9 Å². The van der Waals surface area contributed by atoms with Gasteiger partial charge in [-0.3, -0.25) is 9.69 Å². The molecule has 0 aliphatic carbocycles. The summed E-state index contributed by atoms with van der Waals surface area (Å²) in [7, 11) is 0. The van der Waals surface area contributed by atoms with Crippen molar-refractivity contribution >= 4 is 5.78 Å². The number of hydrogen-bond acceptors (Lipinski definition) is 4. The SMILES string of the molecule is CCOc1ccc(C(=O)C2CN3CCCC3CO2)cc1. The van der Waals surface area contributed by atoms with Gasteiger partial charge in [0, 0.05) is 18.2 Å². The summed E-state index contributed by atoms with van der Waals surface area (Å²) in [6.45, 7) is 5.10. The number of rotatable bonds is 4. The Morgan fingerprint density at radius 1 is 1.40 bits per heavy atom. The maximum absolute atomic E-state index is 12.5. The summed E-state index contributed by atoms with van der Waals surface area (Å²) in [5.41, 5.74) is 0.705. The topological polar surface area (TPSA) is 38.8 Å². The molecule has 4 nitrogen and oxygen atoms in total.